The minimum Gasteiger partial charge on any atom is -0.352 e. The minimum absolute atomic E-state index is 0.0115. The Morgan fingerprint density at radius 2 is 2.19 bits per heavy atom. The zero-order chi connectivity index (χ0) is 18.6. The number of piperidine rings is 1. The lowest BCUT2D eigenvalue weighted by Crippen LogP contribution is -2.75. The van der Waals surface area contributed by atoms with Crippen molar-refractivity contribution in [3.8, 4) is 0 Å². The third-order valence-electron chi connectivity index (χ3n) is 6.78. The Labute approximate surface area is 170 Å². The average Bonchev–Trinajstić information content (AvgIpc) is 3.40. The van der Waals surface area contributed by atoms with Crippen molar-refractivity contribution in [3.05, 3.63) is 0 Å². The molecule has 6 nitrogen and oxygen atoms in total. The summed E-state index contributed by atoms with van der Waals surface area (Å²) in [4.78, 5) is 18.7. The standard InChI is InChI=1S/C19H30N4O2S2/c1-12(11-23-17(24)13(2)26-19(23)5-9-21-10-6-19)15-14-16(25-14)22-18(27-15)3-7-20-8-4-18/h7,12-16,21-22H,3-6,8-11H2,1-2H3/p+1/t12-,13-,14?,15+,16?,18?/m1/s1. The Bertz CT molecular complexity index is 641. The van der Waals surface area contributed by atoms with Crippen LogP contribution in [0, 0.1) is 5.92 Å². The molecule has 0 saturated carbocycles. The highest BCUT2D eigenvalue weighted by molar-refractivity contribution is 8.02. The molecule has 3 unspecified atom stereocenters. The molecule has 5 aliphatic rings. The first-order valence-corrected chi connectivity index (χ1v) is 12.1. The van der Waals surface area contributed by atoms with Gasteiger partial charge in [0, 0.05) is 18.2 Å². The summed E-state index contributed by atoms with van der Waals surface area (Å²) in [5.74, 6) is 0.770. The average molecular weight is 412 g/mol. The molecular formula is C19H31N4O2S2+. The monoisotopic (exact) mass is 411 g/mol. The molecule has 0 aromatic rings. The van der Waals surface area contributed by atoms with Crippen LogP contribution in [0.2, 0.25) is 0 Å². The number of hydrogen-bond acceptors (Lipinski definition) is 6. The first kappa shape index (κ1) is 18.7. The first-order valence-electron chi connectivity index (χ1n) is 10.4. The Hall–Kier alpha value is -0.280. The van der Waals surface area contributed by atoms with Crippen molar-refractivity contribution >= 4 is 35.6 Å². The van der Waals surface area contributed by atoms with E-state index in [1.807, 2.05) is 11.8 Å². The third kappa shape index (κ3) is 3.25. The molecule has 0 aromatic carbocycles. The lowest BCUT2D eigenvalue weighted by atomic mass is 9.98. The van der Waals surface area contributed by atoms with Crippen LogP contribution in [-0.2, 0) is 9.53 Å². The highest BCUT2D eigenvalue weighted by Crippen LogP contribution is 2.51. The van der Waals surface area contributed by atoms with E-state index in [2.05, 4.69) is 52.3 Å². The van der Waals surface area contributed by atoms with Crippen LogP contribution < -0.4 is 15.6 Å². The van der Waals surface area contributed by atoms with E-state index in [1.54, 1.807) is 0 Å². The van der Waals surface area contributed by atoms with Gasteiger partial charge >= 0.3 is 0 Å². The van der Waals surface area contributed by atoms with Gasteiger partial charge in [-0.15, -0.1) is 23.5 Å². The quantitative estimate of drug-likeness (QED) is 0.556. The highest BCUT2D eigenvalue weighted by Gasteiger charge is 2.59. The number of carbonyl (C=O) groups is 1. The lowest BCUT2D eigenvalue weighted by molar-refractivity contribution is -0.459. The number of nitrogens with zero attached hydrogens (tertiary/aromatic N) is 1. The van der Waals surface area contributed by atoms with E-state index in [0.29, 0.717) is 23.2 Å². The van der Waals surface area contributed by atoms with Gasteiger partial charge in [0.1, 0.15) is 25.1 Å². The molecule has 27 heavy (non-hydrogen) atoms. The van der Waals surface area contributed by atoms with Crippen molar-refractivity contribution in [2.24, 2.45) is 5.92 Å². The van der Waals surface area contributed by atoms with E-state index in [9.17, 15) is 4.79 Å². The van der Waals surface area contributed by atoms with E-state index in [1.165, 1.54) is 0 Å². The summed E-state index contributed by atoms with van der Waals surface area (Å²) in [5.41, 5.74) is 0. The zero-order valence-corrected chi connectivity index (χ0v) is 17.8. The summed E-state index contributed by atoms with van der Waals surface area (Å²) in [6, 6.07) is 0. The van der Waals surface area contributed by atoms with Gasteiger partial charge in [0.05, 0.1) is 21.4 Å². The number of nitrogens with one attached hydrogen (secondary N) is 3. The van der Waals surface area contributed by atoms with Crippen molar-refractivity contribution in [1.29, 1.82) is 0 Å². The second-order valence-electron chi connectivity index (χ2n) is 8.74. The van der Waals surface area contributed by atoms with Gasteiger partial charge in [0.15, 0.2) is 0 Å². The molecule has 6 atom stereocenters. The Morgan fingerprint density at radius 3 is 2.93 bits per heavy atom. The molecule has 5 aliphatic heterocycles. The van der Waals surface area contributed by atoms with Gasteiger partial charge in [0.2, 0.25) is 5.91 Å². The maximum absolute atomic E-state index is 13.0. The van der Waals surface area contributed by atoms with Gasteiger partial charge in [0.25, 0.3) is 0 Å². The van der Waals surface area contributed by atoms with Gasteiger partial charge in [-0.2, -0.15) is 0 Å². The maximum atomic E-state index is 13.0. The van der Waals surface area contributed by atoms with Crippen molar-refractivity contribution in [3.63, 3.8) is 0 Å². The van der Waals surface area contributed by atoms with Gasteiger partial charge < -0.3 is 15.0 Å². The SMILES string of the molecule is C[C@H](CN1C(=O)[C@@H](C)SC12CCNCC2)[C@@H]1SC2(CC=[NH+]CC2)NC2OC21. The second-order valence-corrected chi connectivity index (χ2v) is 12.0. The molecule has 150 valence electrons. The van der Waals surface area contributed by atoms with Gasteiger partial charge in [-0.05, 0) is 38.8 Å². The molecule has 2 spiro atoms. The molecule has 4 saturated heterocycles. The second kappa shape index (κ2) is 6.90. The Kier molecular flexibility index (Phi) is 4.79. The number of amides is 1. The summed E-state index contributed by atoms with van der Waals surface area (Å²) >= 11 is 3.97. The normalized spacial score (nSPS) is 43.9. The molecule has 5 heterocycles. The minimum atomic E-state index is 0.0115. The van der Waals surface area contributed by atoms with Crippen LogP contribution in [0.4, 0.5) is 0 Å². The molecule has 0 bridgehead atoms. The van der Waals surface area contributed by atoms with Crippen molar-refractivity contribution in [1.82, 2.24) is 15.5 Å². The lowest BCUT2D eigenvalue weighted by Gasteiger charge is -2.44. The van der Waals surface area contributed by atoms with E-state index in [0.717, 1.165) is 51.9 Å². The zero-order valence-electron chi connectivity index (χ0n) is 16.2. The molecule has 0 radical (unpaired) electrons. The van der Waals surface area contributed by atoms with Gasteiger partial charge in [-0.1, -0.05) is 6.92 Å². The molecule has 5 rings (SSSR count). The smallest absolute Gasteiger partial charge is 0.236 e. The number of carbonyl (C=O) groups excluding carboxylic acids is 1. The first-order chi connectivity index (χ1) is 13.0. The highest BCUT2D eigenvalue weighted by atomic mass is 32.2. The largest absolute Gasteiger partial charge is 0.352 e. The summed E-state index contributed by atoms with van der Waals surface area (Å²) < 4.78 is 6.00. The van der Waals surface area contributed by atoms with Crippen LogP contribution in [0.15, 0.2) is 0 Å². The van der Waals surface area contributed by atoms with Crippen LogP contribution >= 0.6 is 23.5 Å². The molecule has 8 heteroatoms. The molecule has 1 amide bonds. The fourth-order valence-corrected chi connectivity index (χ4v) is 8.60. The summed E-state index contributed by atoms with van der Waals surface area (Å²) in [6.45, 7) is 8.32. The van der Waals surface area contributed by atoms with Crippen molar-refractivity contribution < 1.29 is 14.5 Å². The summed E-state index contributed by atoms with van der Waals surface area (Å²) in [7, 11) is 0. The third-order valence-corrected chi connectivity index (χ3v) is 10.4. The molecule has 4 fully saturated rings. The summed E-state index contributed by atoms with van der Waals surface area (Å²) in [6.07, 6.45) is 6.98. The molecular weight excluding hydrogens is 380 g/mol. The topological polar surface area (TPSA) is 70.9 Å². The van der Waals surface area contributed by atoms with E-state index < -0.39 is 0 Å². The van der Waals surface area contributed by atoms with E-state index >= 15 is 0 Å². The fraction of sp³-hybridized carbons (Fsp3) is 0.895. The van der Waals surface area contributed by atoms with E-state index in [4.69, 9.17) is 4.74 Å². The van der Waals surface area contributed by atoms with E-state index in [-0.39, 0.29) is 21.2 Å². The predicted molar refractivity (Wildman–Crippen MR) is 110 cm³/mol. The van der Waals surface area contributed by atoms with Crippen LogP contribution in [0.25, 0.3) is 0 Å². The molecule has 0 aromatic heterocycles. The van der Waals surface area contributed by atoms with Crippen LogP contribution in [0.1, 0.15) is 39.5 Å². The number of hydrogen-bond donors (Lipinski definition) is 3. The Morgan fingerprint density at radius 1 is 1.37 bits per heavy atom. The van der Waals surface area contributed by atoms with Gasteiger partial charge in [-0.25, -0.2) is 0 Å². The Balaban J connectivity index is 1.32. The fourth-order valence-electron chi connectivity index (χ4n) is 5.22. The maximum Gasteiger partial charge on any atom is 0.236 e. The number of epoxide rings is 1. The summed E-state index contributed by atoms with van der Waals surface area (Å²) in [5, 5.41) is 7.74. The number of ether oxygens (including phenoxy) is 1. The number of thioether (sulfide) groups is 2. The van der Waals surface area contributed by atoms with Crippen molar-refractivity contribution in [2.75, 3.05) is 26.2 Å². The number of rotatable bonds is 3. The van der Waals surface area contributed by atoms with Crippen LogP contribution in [0.5, 0.6) is 0 Å². The van der Waals surface area contributed by atoms with Gasteiger partial charge in [-0.3, -0.25) is 15.1 Å². The molecule has 0 aliphatic carbocycles. The molecule has 3 N–H and O–H groups in total. The van der Waals surface area contributed by atoms with Crippen LogP contribution in [0.3, 0.4) is 0 Å². The number of fused-ring (bicyclic) bond motifs is 1. The predicted octanol–water partition coefficient (Wildman–Crippen LogP) is -0.262. The van der Waals surface area contributed by atoms with Crippen molar-refractivity contribution in [2.45, 2.75) is 72.1 Å². The van der Waals surface area contributed by atoms with Crippen LogP contribution in [-0.4, -0.2) is 75.8 Å².